The molecule has 0 saturated carbocycles. The van der Waals surface area contributed by atoms with Gasteiger partial charge in [-0.2, -0.15) is 0 Å². The Hall–Kier alpha value is -2.78. The molecule has 0 saturated heterocycles. The van der Waals surface area contributed by atoms with Crippen LogP contribution in [-0.4, -0.2) is 57.6 Å². The predicted octanol–water partition coefficient (Wildman–Crippen LogP) is 3.69. The highest BCUT2D eigenvalue weighted by Crippen LogP contribution is 2.24. The number of nitrogens with one attached hydrogen (secondary N) is 1. The monoisotopic (exact) mass is 523 g/mol. The number of hydrogen-bond acceptors (Lipinski definition) is 5. The van der Waals surface area contributed by atoms with Crippen LogP contribution in [0.2, 0.25) is 5.02 Å². The molecule has 0 heterocycles. The van der Waals surface area contributed by atoms with Crippen LogP contribution in [0.25, 0.3) is 0 Å². The number of ether oxygens (including phenoxy) is 1. The topological polar surface area (TPSA) is 96.0 Å². The molecule has 192 valence electrons. The Morgan fingerprint density at radius 3 is 2.23 bits per heavy atom. The standard InChI is InChI=1S/C25H34ClN3O5S/c1-6-23(25(31)27-15-18(2)3)28(16-19-9-7-8-10-22(19)26)24(30)17-29(35(5,32)33)20-11-13-21(34-4)14-12-20/h7-14,18,23H,6,15-17H2,1-5H3,(H,27,31). The minimum Gasteiger partial charge on any atom is -0.497 e. The zero-order valence-corrected chi connectivity index (χ0v) is 22.4. The number of halogens is 1. The molecule has 8 nitrogen and oxygen atoms in total. The van der Waals surface area contributed by atoms with Crippen LogP contribution in [0, 0.1) is 5.92 Å². The first-order valence-electron chi connectivity index (χ1n) is 11.4. The molecule has 2 aromatic rings. The minimum absolute atomic E-state index is 0.0618. The molecule has 10 heteroatoms. The number of rotatable bonds is 12. The number of carbonyl (C=O) groups excluding carboxylic acids is 2. The summed E-state index contributed by atoms with van der Waals surface area (Å²) in [6, 6.07) is 12.6. The van der Waals surface area contributed by atoms with Crippen molar-refractivity contribution >= 4 is 39.1 Å². The number of benzene rings is 2. The third-order valence-corrected chi connectivity index (χ3v) is 6.92. The maximum absolute atomic E-state index is 13.6. The van der Waals surface area contributed by atoms with Crippen molar-refractivity contribution in [3.8, 4) is 5.75 Å². The van der Waals surface area contributed by atoms with Gasteiger partial charge in [-0.3, -0.25) is 13.9 Å². The summed E-state index contributed by atoms with van der Waals surface area (Å²) < 4.78 is 31.4. The summed E-state index contributed by atoms with van der Waals surface area (Å²) in [5, 5.41) is 3.34. The van der Waals surface area contributed by atoms with Gasteiger partial charge in [-0.25, -0.2) is 8.42 Å². The van der Waals surface area contributed by atoms with E-state index in [9.17, 15) is 18.0 Å². The number of carbonyl (C=O) groups is 2. The molecule has 0 bridgehead atoms. The Kier molecular flexibility index (Phi) is 10.4. The number of hydrogen-bond donors (Lipinski definition) is 1. The molecule has 1 atom stereocenters. The number of methoxy groups -OCH3 is 1. The lowest BCUT2D eigenvalue weighted by Crippen LogP contribution is -2.52. The van der Waals surface area contributed by atoms with Crippen molar-refractivity contribution in [2.24, 2.45) is 5.92 Å². The third kappa shape index (κ3) is 8.14. The van der Waals surface area contributed by atoms with Crippen LogP contribution in [0.15, 0.2) is 48.5 Å². The number of sulfonamides is 1. The second-order valence-electron chi connectivity index (χ2n) is 8.64. The molecule has 0 aliphatic rings. The highest BCUT2D eigenvalue weighted by atomic mass is 35.5. The predicted molar refractivity (Wildman–Crippen MR) is 139 cm³/mol. The SMILES string of the molecule is CCC(C(=O)NCC(C)C)N(Cc1ccccc1Cl)C(=O)CN(c1ccc(OC)cc1)S(C)(=O)=O. The molecule has 0 radical (unpaired) electrons. The largest absolute Gasteiger partial charge is 0.497 e. The Morgan fingerprint density at radius 2 is 1.71 bits per heavy atom. The number of anilines is 1. The maximum Gasteiger partial charge on any atom is 0.244 e. The molecule has 0 aliphatic heterocycles. The van der Waals surface area contributed by atoms with Crippen molar-refractivity contribution in [3.63, 3.8) is 0 Å². The van der Waals surface area contributed by atoms with Gasteiger partial charge >= 0.3 is 0 Å². The quantitative estimate of drug-likeness (QED) is 0.457. The van der Waals surface area contributed by atoms with E-state index in [0.29, 0.717) is 35.0 Å². The molecule has 0 spiro atoms. The number of amides is 2. The van der Waals surface area contributed by atoms with Gasteiger partial charge in [0.25, 0.3) is 0 Å². The van der Waals surface area contributed by atoms with Gasteiger partial charge in [-0.1, -0.05) is 50.6 Å². The molecule has 0 aromatic heterocycles. The normalized spacial score (nSPS) is 12.2. The number of nitrogens with zero attached hydrogens (tertiary/aromatic N) is 2. The summed E-state index contributed by atoms with van der Waals surface area (Å²) in [6.45, 7) is 5.82. The van der Waals surface area contributed by atoms with Gasteiger partial charge in [-0.05, 0) is 48.2 Å². The first-order valence-corrected chi connectivity index (χ1v) is 13.6. The fraction of sp³-hybridized carbons (Fsp3) is 0.440. The summed E-state index contributed by atoms with van der Waals surface area (Å²) in [6.07, 6.45) is 1.39. The molecule has 0 fully saturated rings. The Labute approximate surface area is 213 Å². The van der Waals surface area contributed by atoms with E-state index in [1.807, 2.05) is 20.8 Å². The first kappa shape index (κ1) is 28.5. The molecule has 0 aliphatic carbocycles. The summed E-state index contributed by atoms with van der Waals surface area (Å²) in [5.41, 5.74) is 0.977. The van der Waals surface area contributed by atoms with Crippen LogP contribution in [0.5, 0.6) is 5.75 Å². The van der Waals surface area contributed by atoms with Crippen LogP contribution in [-0.2, 0) is 26.2 Å². The van der Waals surface area contributed by atoms with Gasteiger partial charge in [0.05, 0.1) is 19.1 Å². The Balaban J connectivity index is 2.42. The van der Waals surface area contributed by atoms with Crippen LogP contribution < -0.4 is 14.4 Å². The second kappa shape index (κ2) is 12.8. The van der Waals surface area contributed by atoms with Gasteiger partial charge < -0.3 is 15.0 Å². The molecular formula is C25H34ClN3O5S. The van der Waals surface area contributed by atoms with Crippen molar-refractivity contribution in [2.45, 2.75) is 39.8 Å². The van der Waals surface area contributed by atoms with Crippen LogP contribution in [0.4, 0.5) is 5.69 Å². The minimum atomic E-state index is -3.80. The Bertz CT molecular complexity index is 1110. The molecular weight excluding hydrogens is 490 g/mol. The van der Waals surface area contributed by atoms with Crippen molar-refractivity contribution in [3.05, 3.63) is 59.1 Å². The maximum atomic E-state index is 13.6. The van der Waals surface area contributed by atoms with E-state index >= 15 is 0 Å². The fourth-order valence-electron chi connectivity index (χ4n) is 3.51. The molecule has 2 amide bonds. The van der Waals surface area contributed by atoms with Crippen molar-refractivity contribution in [2.75, 3.05) is 30.8 Å². The lowest BCUT2D eigenvalue weighted by atomic mass is 10.1. The van der Waals surface area contributed by atoms with Gasteiger partial charge in [0.1, 0.15) is 18.3 Å². The molecule has 35 heavy (non-hydrogen) atoms. The summed E-state index contributed by atoms with van der Waals surface area (Å²) in [5.74, 6) is -0.0172. The fourth-order valence-corrected chi connectivity index (χ4v) is 4.56. The average molecular weight is 524 g/mol. The van der Waals surface area contributed by atoms with Crippen LogP contribution in [0.1, 0.15) is 32.8 Å². The van der Waals surface area contributed by atoms with Gasteiger partial charge in [-0.15, -0.1) is 0 Å². The first-order chi connectivity index (χ1) is 16.5. The Morgan fingerprint density at radius 1 is 1.09 bits per heavy atom. The van der Waals surface area contributed by atoms with Gasteiger partial charge in [0.15, 0.2) is 0 Å². The van der Waals surface area contributed by atoms with Crippen LogP contribution >= 0.6 is 11.6 Å². The third-order valence-electron chi connectivity index (χ3n) is 5.41. The van der Waals surface area contributed by atoms with E-state index < -0.39 is 28.5 Å². The van der Waals surface area contributed by atoms with Gasteiger partial charge in [0.2, 0.25) is 21.8 Å². The zero-order valence-electron chi connectivity index (χ0n) is 20.8. The van der Waals surface area contributed by atoms with Crippen molar-refractivity contribution < 1.29 is 22.7 Å². The van der Waals surface area contributed by atoms with Crippen LogP contribution in [0.3, 0.4) is 0 Å². The second-order valence-corrected chi connectivity index (χ2v) is 11.0. The van der Waals surface area contributed by atoms with Crippen molar-refractivity contribution in [1.82, 2.24) is 10.2 Å². The molecule has 2 rings (SSSR count). The smallest absolute Gasteiger partial charge is 0.244 e. The van der Waals surface area contributed by atoms with E-state index in [1.165, 1.54) is 12.0 Å². The highest BCUT2D eigenvalue weighted by Gasteiger charge is 2.32. The molecule has 1 N–H and O–H groups in total. The van der Waals surface area contributed by atoms with E-state index in [-0.39, 0.29) is 18.4 Å². The van der Waals surface area contributed by atoms with E-state index in [2.05, 4.69) is 5.32 Å². The summed E-state index contributed by atoms with van der Waals surface area (Å²) in [7, 11) is -2.29. The lowest BCUT2D eigenvalue weighted by Gasteiger charge is -2.33. The lowest BCUT2D eigenvalue weighted by molar-refractivity contribution is -0.140. The summed E-state index contributed by atoms with van der Waals surface area (Å²) >= 11 is 6.35. The molecule has 2 aromatic carbocycles. The van der Waals surface area contributed by atoms with E-state index in [1.54, 1.807) is 48.5 Å². The van der Waals surface area contributed by atoms with E-state index in [0.717, 1.165) is 10.6 Å². The van der Waals surface area contributed by atoms with E-state index in [4.69, 9.17) is 16.3 Å². The van der Waals surface area contributed by atoms with Crippen molar-refractivity contribution in [1.29, 1.82) is 0 Å². The average Bonchev–Trinajstić information content (AvgIpc) is 2.81. The zero-order chi connectivity index (χ0) is 26.2. The highest BCUT2D eigenvalue weighted by molar-refractivity contribution is 7.92. The van der Waals surface area contributed by atoms with Gasteiger partial charge in [0, 0.05) is 18.1 Å². The summed E-state index contributed by atoms with van der Waals surface area (Å²) in [4.78, 5) is 28.1. The molecule has 1 unspecified atom stereocenters.